The minimum atomic E-state index is -0.201. The van der Waals surface area contributed by atoms with Crippen LogP contribution >= 0.6 is 0 Å². The summed E-state index contributed by atoms with van der Waals surface area (Å²) < 4.78 is 11.5. The fraction of sp³-hybridized carbons (Fsp3) is 0.435. The maximum Gasteiger partial charge on any atom is 0.306 e. The van der Waals surface area contributed by atoms with Gasteiger partial charge < -0.3 is 15.2 Å². The van der Waals surface area contributed by atoms with E-state index >= 15 is 0 Å². The Balaban J connectivity index is 2.16. The van der Waals surface area contributed by atoms with Gasteiger partial charge >= 0.3 is 5.97 Å². The van der Waals surface area contributed by atoms with E-state index in [0.717, 1.165) is 24.2 Å². The minimum Gasteiger partial charge on any atom is -0.485 e. The highest BCUT2D eigenvalue weighted by Gasteiger charge is 2.16. The molecule has 2 rings (SSSR count). The average molecular weight is 370 g/mol. The van der Waals surface area contributed by atoms with Gasteiger partial charge in [0, 0.05) is 12.1 Å². The first-order chi connectivity index (χ1) is 13.1. The van der Waals surface area contributed by atoms with Gasteiger partial charge in [0.15, 0.2) is 0 Å². The van der Waals surface area contributed by atoms with Gasteiger partial charge in [-0.2, -0.15) is 0 Å². The van der Waals surface area contributed by atoms with E-state index in [1.807, 2.05) is 43.3 Å². The molecule has 0 fully saturated rings. The highest BCUT2D eigenvalue weighted by Crippen LogP contribution is 2.31. The van der Waals surface area contributed by atoms with Crippen molar-refractivity contribution >= 4 is 11.7 Å². The van der Waals surface area contributed by atoms with Crippen molar-refractivity contribution in [3.63, 3.8) is 0 Å². The third-order valence-electron chi connectivity index (χ3n) is 4.50. The number of nitrogens with two attached hydrogens (primary N) is 1. The smallest absolute Gasteiger partial charge is 0.306 e. The highest BCUT2D eigenvalue weighted by atomic mass is 16.5. The molecular weight excluding hydrogens is 338 g/mol. The Kier molecular flexibility index (Phi) is 8.69. The Labute approximate surface area is 162 Å². The number of unbranched alkanes of at least 4 members (excludes halogenated alkanes) is 2. The van der Waals surface area contributed by atoms with Gasteiger partial charge in [0.1, 0.15) is 11.9 Å². The van der Waals surface area contributed by atoms with Crippen molar-refractivity contribution in [1.82, 2.24) is 0 Å². The van der Waals surface area contributed by atoms with E-state index in [0.29, 0.717) is 25.1 Å². The summed E-state index contributed by atoms with van der Waals surface area (Å²) in [5.41, 5.74) is 8.74. The van der Waals surface area contributed by atoms with Crippen LogP contribution in [0.3, 0.4) is 0 Å². The van der Waals surface area contributed by atoms with Crippen LogP contribution in [0.15, 0.2) is 48.5 Å². The van der Waals surface area contributed by atoms with Crippen molar-refractivity contribution in [1.29, 1.82) is 0 Å². The number of nitrogen functional groups attached to an aromatic ring is 1. The molecule has 2 aromatic carbocycles. The fourth-order valence-corrected chi connectivity index (χ4v) is 3.07. The monoisotopic (exact) mass is 369 g/mol. The first kappa shape index (κ1) is 20.8. The summed E-state index contributed by atoms with van der Waals surface area (Å²) in [6, 6.07) is 15.9. The number of rotatable bonds is 11. The van der Waals surface area contributed by atoms with Gasteiger partial charge in [-0.1, -0.05) is 50.1 Å². The van der Waals surface area contributed by atoms with Gasteiger partial charge in [0.25, 0.3) is 0 Å². The summed E-state index contributed by atoms with van der Waals surface area (Å²) in [6.07, 6.45) is 5.29. The summed E-state index contributed by atoms with van der Waals surface area (Å²) in [4.78, 5) is 11.7. The number of aryl methyl sites for hydroxylation is 1. The third kappa shape index (κ3) is 6.97. The molecule has 0 radical (unpaired) electrons. The van der Waals surface area contributed by atoms with Crippen LogP contribution < -0.4 is 10.5 Å². The van der Waals surface area contributed by atoms with E-state index in [-0.39, 0.29) is 12.1 Å². The average Bonchev–Trinajstić information content (AvgIpc) is 2.68. The van der Waals surface area contributed by atoms with Gasteiger partial charge in [-0.15, -0.1) is 0 Å². The molecule has 2 aromatic rings. The first-order valence-electron chi connectivity index (χ1n) is 9.89. The van der Waals surface area contributed by atoms with Crippen molar-refractivity contribution in [2.45, 2.75) is 58.5 Å². The minimum absolute atomic E-state index is 0.0114. The Morgan fingerprint density at radius 2 is 1.85 bits per heavy atom. The Bertz CT molecular complexity index is 700. The normalized spacial score (nSPS) is 11.8. The molecule has 4 nitrogen and oxygen atoms in total. The summed E-state index contributed by atoms with van der Waals surface area (Å²) in [5.74, 6) is 0.590. The van der Waals surface area contributed by atoms with Gasteiger partial charge in [0.2, 0.25) is 0 Å². The van der Waals surface area contributed by atoms with Crippen molar-refractivity contribution in [3.8, 4) is 5.75 Å². The lowest BCUT2D eigenvalue weighted by Gasteiger charge is -2.22. The number of hydrogen-bond donors (Lipinski definition) is 1. The van der Waals surface area contributed by atoms with Gasteiger partial charge in [-0.3, -0.25) is 4.79 Å². The number of esters is 1. The van der Waals surface area contributed by atoms with Crippen LogP contribution in [0, 0.1) is 0 Å². The molecule has 1 unspecified atom stereocenters. The second-order valence-corrected chi connectivity index (χ2v) is 6.69. The zero-order chi connectivity index (χ0) is 19.5. The highest BCUT2D eigenvalue weighted by molar-refractivity contribution is 5.70. The maximum atomic E-state index is 11.7. The molecule has 0 spiro atoms. The van der Waals surface area contributed by atoms with Crippen molar-refractivity contribution < 1.29 is 14.3 Å². The molecule has 0 heterocycles. The zero-order valence-corrected chi connectivity index (χ0v) is 16.4. The lowest BCUT2D eigenvalue weighted by molar-refractivity contribution is -0.143. The number of carbonyl (C=O) groups is 1. The molecule has 0 aliphatic heterocycles. The Hall–Kier alpha value is -2.49. The van der Waals surface area contributed by atoms with Crippen molar-refractivity contribution in [2.75, 3.05) is 12.3 Å². The topological polar surface area (TPSA) is 61.5 Å². The fourth-order valence-electron chi connectivity index (χ4n) is 3.07. The molecule has 27 heavy (non-hydrogen) atoms. The molecule has 0 aromatic heterocycles. The third-order valence-corrected chi connectivity index (χ3v) is 4.50. The second-order valence-electron chi connectivity index (χ2n) is 6.69. The molecule has 146 valence electrons. The summed E-state index contributed by atoms with van der Waals surface area (Å²) in [7, 11) is 0. The van der Waals surface area contributed by atoms with Crippen molar-refractivity contribution in [3.05, 3.63) is 59.7 Å². The summed E-state index contributed by atoms with van der Waals surface area (Å²) in [6.45, 7) is 4.41. The van der Waals surface area contributed by atoms with E-state index in [4.69, 9.17) is 15.2 Å². The molecule has 1 atom stereocenters. The second kappa shape index (κ2) is 11.3. The first-order valence-corrected chi connectivity index (χ1v) is 9.89. The largest absolute Gasteiger partial charge is 0.485 e. The number of ether oxygens (including phenoxy) is 2. The summed E-state index contributed by atoms with van der Waals surface area (Å²) in [5, 5.41) is 0. The molecular formula is C23H31NO3. The van der Waals surface area contributed by atoms with Crippen molar-refractivity contribution in [2.24, 2.45) is 0 Å². The molecule has 0 amide bonds. The Morgan fingerprint density at radius 1 is 1.07 bits per heavy atom. The molecule has 0 aliphatic rings. The van der Waals surface area contributed by atoms with Crippen LogP contribution in [-0.4, -0.2) is 12.6 Å². The van der Waals surface area contributed by atoms with E-state index in [1.54, 1.807) is 0 Å². The maximum absolute atomic E-state index is 11.7. The molecule has 0 bridgehead atoms. The number of benzene rings is 2. The van der Waals surface area contributed by atoms with E-state index in [2.05, 4.69) is 19.1 Å². The number of carbonyl (C=O) groups excluding carboxylic acids is 1. The molecule has 0 saturated heterocycles. The van der Waals surface area contributed by atoms with Crippen LogP contribution in [0.4, 0.5) is 5.69 Å². The van der Waals surface area contributed by atoms with E-state index in [1.165, 1.54) is 18.4 Å². The predicted octanol–water partition coefficient (Wildman–Crippen LogP) is 5.46. The van der Waals surface area contributed by atoms with Gasteiger partial charge in [-0.05, 0) is 55.5 Å². The predicted molar refractivity (Wildman–Crippen MR) is 110 cm³/mol. The van der Waals surface area contributed by atoms with Crippen LogP contribution in [0.25, 0.3) is 0 Å². The van der Waals surface area contributed by atoms with Gasteiger partial charge in [0.05, 0.1) is 6.61 Å². The lowest BCUT2D eigenvalue weighted by atomic mass is 10.0. The quantitative estimate of drug-likeness (QED) is 0.324. The number of hydrogen-bond acceptors (Lipinski definition) is 4. The van der Waals surface area contributed by atoms with Crippen LogP contribution in [0.2, 0.25) is 0 Å². The molecule has 0 saturated carbocycles. The molecule has 0 aliphatic carbocycles. The molecule has 4 heteroatoms. The van der Waals surface area contributed by atoms with E-state index in [9.17, 15) is 4.79 Å². The van der Waals surface area contributed by atoms with Crippen LogP contribution in [0.5, 0.6) is 5.75 Å². The van der Waals surface area contributed by atoms with E-state index < -0.39 is 0 Å². The zero-order valence-electron chi connectivity index (χ0n) is 16.4. The van der Waals surface area contributed by atoms with Gasteiger partial charge in [-0.25, -0.2) is 0 Å². The standard InChI is InChI=1S/C23H31NO3/c1-3-5-7-12-21(18-10-8-6-9-11-18)27-22-15-14-20(24)17-19(22)13-16-23(25)26-4-2/h6,8-11,14-15,17,21H,3-5,7,12-13,16,24H2,1-2H3. The van der Waals surface area contributed by atoms with Crippen LogP contribution in [0.1, 0.15) is 63.2 Å². The number of anilines is 1. The lowest BCUT2D eigenvalue weighted by Crippen LogP contribution is -2.11. The Morgan fingerprint density at radius 3 is 2.56 bits per heavy atom. The van der Waals surface area contributed by atoms with Crippen LogP contribution in [-0.2, 0) is 16.0 Å². The molecule has 2 N–H and O–H groups in total. The SMILES string of the molecule is CCCCCC(Oc1ccc(N)cc1CCC(=O)OCC)c1ccccc1. The summed E-state index contributed by atoms with van der Waals surface area (Å²) >= 11 is 0.